The zero-order valence-corrected chi connectivity index (χ0v) is 64.0. The largest absolute Gasteiger partial charge is 0.331 e. The number of fused-ring (bicyclic) bond motifs is 18. The monoisotopic (exact) mass is 1460 g/mol. The van der Waals surface area contributed by atoms with Gasteiger partial charge in [0.2, 0.25) is 0 Å². The van der Waals surface area contributed by atoms with Crippen molar-refractivity contribution in [3.63, 3.8) is 0 Å². The van der Waals surface area contributed by atoms with Gasteiger partial charge < -0.3 is 9.13 Å². The van der Waals surface area contributed by atoms with E-state index in [-0.39, 0.29) is 16.7 Å². The minimum absolute atomic E-state index is 0.0123. The van der Waals surface area contributed by atoms with Crippen LogP contribution in [0.5, 0.6) is 0 Å². The molecule has 4 aromatic heterocycles. The smallest absolute Gasteiger partial charge is 0.145 e. The van der Waals surface area contributed by atoms with Crippen LogP contribution in [0.2, 0.25) is 0 Å². The van der Waals surface area contributed by atoms with E-state index in [0.29, 0.717) is 0 Å². The summed E-state index contributed by atoms with van der Waals surface area (Å²) in [5.74, 6) is 4.02. The Hall–Kier alpha value is -13.6. The molecule has 0 bridgehead atoms. The van der Waals surface area contributed by atoms with Crippen molar-refractivity contribution in [2.75, 3.05) is 0 Å². The summed E-state index contributed by atoms with van der Waals surface area (Å²) in [6.45, 7) is 4.18. The third-order valence-corrected chi connectivity index (χ3v) is 27.2. The Bertz CT molecular complexity index is 7380. The van der Waals surface area contributed by atoms with Gasteiger partial charge in [0.25, 0.3) is 0 Å². The van der Waals surface area contributed by atoms with E-state index in [2.05, 4.69) is 356 Å². The number of benzene rings is 16. The van der Waals surface area contributed by atoms with Gasteiger partial charge >= 0.3 is 0 Å². The Morgan fingerprint density at radius 1 is 0.298 bits per heavy atom. The minimum Gasteiger partial charge on any atom is -0.331 e. The summed E-state index contributed by atoms with van der Waals surface area (Å²) in [5.41, 5.74) is 34.7. The van der Waals surface area contributed by atoms with Gasteiger partial charge in [-0.1, -0.05) is 255 Å². The first-order chi connectivity index (χ1) is 56.2. The van der Waals surface area contributed by atoms with Gasteiger partial charge in [-0.15, -0.1) is 0 Å². The molecule has 2 spiro atoms. The van der Waals surface area contributed by atoms with Crippen LogP contribution in [0.3, 0.4) is 0 Å². The van der Waals surface area contributed by atoms with Crippen molar-refractivity contribution in [1.82, 2.24) is 38.2 Å². The summed E-state index contributed by atoms with van der Waals surface area (Å²) in [6, 6.07) is 117. The molecule has 4 aliphatic rings. The van der Waals surface area contributed by atoms with Crippen LogP contribution < -0.4 is 0 Å². The lowest BCUT2D eigenvalue weighted by Gasteiger charge is -2.28. The second-order valence-corrected chi connectivity index (χ2v) is 32.7. The summed E-state index contributed by atoms with van der Waals surface area (Å²) in [7, 11) is 4.25. The third-order valence-electron chi connectivity index (χ3n) is 27.2. The number of hydrogen-bond acceptors (Lipinski definition) is 4. The first-order valence-electron chi connectivity index (χ1n) is 40.6. The maximum atomic E-state index is 6.06. The Morgan fingerprint density at radius 2 is 0.728 bits per heavy atom. The molecule has 8 heteroatoms. The highest BCUT2D eigenvalue weighted by Crippen LogP contribution is 2.64. The highest BCUT2D eigenvalue weighted by atomic mass is 15.1. The fraction of sp³-hybridized carbons (Fsp3) is 0.132. The van der Waals surface area contributed by atoms with Crippen molar-refractivity contribution in [3.05, 3.63) is 349 Å². The van der Waals surface area contributed by atoms with Crippen molar-refractivity contribution in [3.8, 4) is 101 Å². The number of aromatic nitrogens is 8. The quantitative estimate of drug-likeness (QED) is 0.135. The zero-order chi connectivity index (χ0) is 75.4. The van der Waals surface area contributed by atoms with Crippen LogP contribution in [0.4, 0.5) is 0 Å². The van der Waals surface area contributed by atoms with E-state index < -0.39 is 0 Å². The maximum absolute atomic E-state index is 6.06. The van der Waals surface area contributed by atoms with Gasteiger partial charge in [0.1, 0.15) is 23.3 Å². The Morgan fingerprint density at radius 3 is 1.32 bits per heavy atom. The number of aryl methyl sites for hydroxylation is 4. The van der Waals surface area contributed by atoms with Crippen LogP contribution in [0.15, 0.2) is 309 Å². The van der Waals surface area contributed by atoms with Crippen LogP contribution in [-0.2, 0) is 24.9 Å². The van der Waals surface area contributed by atoms with Gasteiger partial charge in [-0.2, -0.15) is 0 Å². The van der Waals surface area contributed by atoms with Crippen LogP contribution >= 0.6 is 0 Å². The first-order valence-corrected chi connectivity index (χ1v) is 40.6. The topological polar surface area (TPSA) is 71.3 Å². The summed E-state index contributed by atoms with van der Waals surface area (Å²) >= 11 is 0. The lowest BCUT2D eigenvalue weighted by atomic mass is 9.75. The molecule has 24 rings (SSSR count). The fourth-order valence-electron chi connectivity index (χ4n) is 22.0. The predicted octanol–water partition coefficient (Wildman–Crippen LogP) is 26.4. The maximum Gasteiger partial charge on any atom is 0.145 e. The summed E-state index contributed by atoms with van der Waals surface area (Å²) in [5, 5.41) is 9.62. The molecule has 0 saturated heterocycles. The summed E-state index contributed by atoms with van der Waals surface area (Å²) in [4.78, 5) is 21.4. The van der Waals surface area contributed by atoms with Gasteiger partial charge in [-0.05, 0) is 245 Å². The molecule has 0 N–H and O–H groups in total. The van der Waals surface area contributed by atoms with Gasteiger partial charge in [0.05, 0.1) is 55.5 Å². The van der Waals surface area contributed by atoms with Crippen LogP contribution in [0, 0.1) is 13.8 Å². The van der Waals surface area contributed by atoms with E-state index in [1.54, 1.807) is 0 Å². The molecule has 4 aliphatic carbocycles. The molecular weight excluding hydrogens is 1390 g/mol. The highest BCUT2D eigenvalue weighted by Gasteiger charge is 2.50. The average Bonchev–Trinajstić information content (AvgIpc) is 1.50. The van der Waals surface area contributed by atoms with Crippen LogP contribution in [0.1, 0.15) is 90.3 Å². The second kappa shape index (κ2) is 24.5. The van der Waals surface area contributed by atoms with E-state index in [1.807, 2.05) is 0 Å². The molecule has 2 atom stereocenters. The van der Waals surface area contributed by atoms with Crippen molar-refractivity contribution < 1.29 is 0 Å². The normalized spacial score (nSPS) is 16.0. The van der Waals surface area contributed by atoms with Crippen molar-refractivity contribution in [2.45, 2.75) is 75.5 Å². The van der Waals surface area contributed by atoms with E-state index in [4.69, 9.17) is 19.9 Å². The molecular formula is C106H78N8. The zero-order valence-electron chi connectivity index (χ0n) is 64.0. The average molecular weight is 1460 g/mol. The Balaban J connectivity index is 0.705. The molecule has 542 valence electrons. The fourth-order valence-corrected chi connectivity index (χ4v) is 22.0. The van der Waals surface area contributed by atoms with Gasteiger partial charge in [-0.25, -0.2) is 19.9 Å². The number of hydrogen-bond donors (Lipinski definition) is 0. The Labute approximate surface area is 660 Å². The van der Waals surface area contributed by atoms with Crippen molar-refractivity contribution in [1.29, 1.82) is 0 Å². The standard InChI is InChI=1S/C106H78N8/c1-63-107-90-52-50-67(58-96(90)111(63)3)70-32-19-35-73-81(70)60-82-71(68-51-53-91-97(59-68)112(4)64(2)108-91)33-20-36-74(82)98(73)79-40-22-44-88-101(79)78-31-12-14-42-86(78)106(88)57-54-69(62-106)72-34-23-49-95-102(72)110-104(66-28-9-6-10-29-66)114(95)93-48-25-38-76-84(93)61-83-75(37-24-47-92(83)113-94-46-16-15-45-89(94)109-103(113)65-26-7-5-8-27-65)99(76)80-39-21-43-87-100(80)77-30-11-13-41-85(77)105(87)55-17-18-56-105/h5-16,19-53,58-61,69H,17-18,54-57,62H2,1-4H3. The molecule has 16 aromatic carbocycles. The van der Waals surface area contributed by atoms with Crippen molar-refractivity contribution >= 4 is 87.2 Å². The molecule has 0 radical (unpaired) electrons. The summed E-state index contributed by atoms with van der Waals surface area (Å²) < 4.78 is 9.37. The summed E-state index contributed by atoms with van der Waals surface area (Å²) in [6.07, 6.45) is 7.71. The molecule has 4 heterocycles. The predicted molar refractivity (Wildman–Crippen MR) is 470 cm³/mol. The molecule has 0 aliphatic heterocycles. The lowest BCUT2D eigenvalue weighted by Crippen LogP contribution is -2.21. The van der Waals surface area contributed by atoms with Gasteiger partial charge in [0.15, 0.2) is 0 Å². The van der Waals surface area contributed by atoms with E-state index in [0.717, 1.165) is 133 Å². The van der Waals surface area contributed by atoms with E-state index in [9.17, 15) is 0 Å². The van der Waals surface area contributed by atoms with Gasteiger partial charge in [0, 0.05) is 46.8 Å². The molecule has 2 saturated carbocycles. The Kier molecular flexibility index (Phi) is 14.0. The van der Waals surface area contributed by atoms with Crippen LogP contribution in [-0.4, -0.2) is 38.2 Å². The molecule has 20 aromatic rings. The van der Waals surface area contributed by atoms with E-state index >= 15 is 0 Å². The molecule has 2 fully saturated rings. The molecule has 8 nitrogen and oxygen atoms in total. The molecule has 0 amide bonds. The number of nitrogens with zero attached hydrogens (tertiary/aromatic N) is 8. The highest BCUT2D eigenvalue weighted by molar-refractivity contribution is 6.22. The molecule has 2 unspecified atom stereocenters. The number of rotatable bonds is 9. The second-order valence-electron chi connectivity index (χ2n) is 32.7. The van der Waals surface area contributed by atoms with Crippen molar-refractivity contribution in [2.24, 2.45) is 14.1 Å². The first kappa shape index (κ1) is 65.2. The lowest BCUT2D eigenvalue weighted by molar-refractivity contribution is 0.539. The molecule has 114 heavy (non-hydrogen) atoms. The SMILES string of the molecule is Cc1nc2ccc(-c3cccc4c(-c5cccc6c5-c5ccccc5C65CCC(c6cccc7c6nc(-c6ccccc6)n7-c6cccc7c(-c8cccc9c8-c8ccccc8C98CCCC8)c8cccc(-n9c(-c%10ccccc%10)nc%10ccccc%109)c8cc67)C5)c5cccc(-c6ccc7nc(C)n(C)c7c6)c5cc34)cc2n1C. The van der Waals surface area contributed by atoms with Crippen LogP contribution in [0.25, 0.3) is 188 Å². The number of para-hydroxylation sites is 3. The number of imidazole rings is 4. The van der Waals surface area contributed by atoms with E-state index in [1.165, 1.54) is 140 Å². The third kappa shape index (κ3) is 9.16. The minimum atomic E-state index is -0.273. The van der Waals surface area contributed by atoms with Gasteiger partial charge in [-0.3, -0.25) is 9.13 Å².